The third-order valence-corrected chi connectivity index (χ3v) is 3.68. The van der Waals surface area contributed by atoms with Gasteiger partial charge in [-0.25, -0.2) is 0 Å². The molecule has 0 unspecified atom stereocenters. The summed E-state index contributed by atoms with van der Waals surface area (Å²) in [5, 5.41) is 3.51. The van der Waals surface area contributed by atoms with Crippen molar-refractivity contribution in [3.63, 3.8) is 0 Å². The maximum Gasteiger partial charge on any atom is 0.0587 e. The lowest BCUT2D eigenvalue weighted by Crippen LogP contribution is -2.26. The highest BCUT2D eigenvalue weighted by atomic mass is 16.5. The molecule has 2 heteroatoms. The zero-order chi connectivity index (χ0) is 9.41. The topological polar surface area (TPSA) is 21.3 Å². The molecule has 0 aromatic heterocycles. The molecule has 1 fully saturated rings. The quantitative estimate of drug-likeness (QED) is 0.649. The van der Waals surface area contributed by atoms with Crippen molar-refractivity contribution in [3.05, 3.63) is 0 Å². The monoisotopic (exact) mass is 171 g/mol. The van der Waals surface area contributed by atoms with Crippen LogP contribution in [0.2, 0.25) is 0 Å². The van der Waals surface area contributed by atoms with Gasteiger partial charge in [-0.15, -0.1) is 0 Å². The number of methoxy groups -OCH3 is 1. The van der Waals surface area contributed by atoms with Crippen LogP contribution in [0.4, 0.5) is 0 Å². The van der Waals surface area contributed by atoms with Crippen molar-refractivity contribution in [1.29, 1.82) is 0 Å². The molecule has 0 atom stereocenters. The fourth-order valence-electron chi connectivity index (χ4n) is 2.01. The molecule has 0 heterocycles. The summed E-state index contributed by atoms with van der Waals surface area (Å²) in [5.74, 6) is 0. The third-order valence-electron chi connectivity index (χ3n) is 3.68. The Morgan fingerprint density at radius 3 is 2.00 bits per heavy atom. The van der Waals surface area contributed by atoms with E-state index in [2.05, 4.69) is 33.0 Å². The van der Waals surface area contributed by atoms with Gasteiger partial charge in [0.05, 0.1) is 6.61 Å². The molecule has 1 aliphatic rings. The van der Waals surface area contributed by atoms with Crippen LogP contribution in [0.5, 0.6) is 0 Å². The Labute approximate surface area is 75.7 Å². The molecule has 1 saturated carbocycles. The number of hydrogen-bond donors (Lipinski definition) is 1. The minimum atomic E-state index is 0.445. The Morgan fingerprint density at radius 2 is 1.67 bits per heavy atom. The van der Waals surface area contributed by atoms with E-state index >= 15 is 0 Å². The average molecular weight is 171 g/mol. The van der Waals surface area contributed by atoms with Crippen molar-refractivity contribution >= 4 is 0 Å². The SMILES string of the molecule is COCCNC1C(C)(C)C1(C)C. The summed E-state index contributed by atoms with van der Waals surface area (Å²) in [5.41, 5.74) is 0.890. The van der Waals surface area contributed by atoms with Gasteiger partial charge in [0.15, 0.2) is 0 Å². The van der Waals surface area contributed by atoms with Gasteiger partial charge in [0.2, 0.25) is 0 Å². The molecule has 12 heavy (non-hydrogen) atoms. The van der Waals surface area contributed by atoms with E-state index in [1.165, 1.54) is 0 Å². The Kier molecular flexibility index (Phi) is 2.50. The van der Waals surface area contributed by atoms with Gasteiger partial charge in [0, 0.05) is 19.7 Å². The fourth-order valence-corrected chi connectivity index (χ4v) is 2.01. The molecule has 0 aliphatic heterocycles. The number of nitrogens with one attached hydrogen (secondary N) is 1. The first-order chi connectivity index (χ1) is 5.44. The van der Waals surface area contributed by atoms with Crippen LogP contribution in [0.15, 0.2) is 0 Å². The first-order valence-corrected chi connectivity index (χ1v) is 4.67. The van der Waals surface area contributed by atoms with Crippen LogP contribution in [-0.4, -0.2) is 26.3 Å². The normalized spacial score (nSPS) is 25.8. The molecule has 0 bridgehead atoms. The molecule has 0 spiro atoms. The second-order valence-electron chi connectivity index (χ2n) is 4.82. The molecule has 0 aromatic rings. The summed E-state index contributed by atoms with van der Waals surface area (Å²) in [7, 11) is 1.74. The van der Waals surface area contributed by atoms with Crippen LogP contribution in [0.25, 0.3) is 0 Å². The van der Waals surface area contributed by atoms with E-state index in [0.29, 0.717) is 16.9 Å². The summed E-state index contributed by atoms with van der Waals surface area (Å²) in [4.78, 5) is 0. The molecule has 72 valence electrons. The molecular formula is C10H21NO. The average Bonchev–Trinajstić information content (AvgIpc) is 2.32. The molecular weight excluding hydrogens is 150 g/mol. The lowest BCUT2D eigenvalue weighted by molar-refractivity contribution is 0.197. The van der Waals surface area contributed by atoms with Gasteiger partial charge in [-0.3, -0.25) is 0 Å². The summed E-state index contributed by atoms with van der Waals surface area (Å²) in [6, 6.07) is 0.653. The van der Waals surface area contributed by atoms with Crippen molar-refractivity contribution < 1.29 is 4.74 Å². The van der Waals surface area contributed by atoms with E-state index < -0.39 is 0 Å². The van der Waals surface area contributed by atoms with Crippen molar-refractivity contribution in [3.8, 4) is 0 Å². The molecule has 1 N–H and O–H groups in total. The summed E-state index contributed by atoms with van der Waals surface area (Å²) < 4.78 is 4.99. The highest BCUT2D eigenvalue weighted by molar-refractivity contribution is 5.17. The first kappa shape index (κ1) is 10.0. The van der Waals surface area contributed by atoms with Crippen LogP contribution in [0, 0.1) is 10.8 Å². The lowest BCUT2D eigenvalue weighted by atomic mass is 10.0. The van der Waals surface area contributed by atoms with Gasteiger partial charge in [-0.1, -0.05) is 27.7 Å². The van der Waals surface area contributed by atoms with E-state index in [4.69, 9.17) is 4.74 Å². The van der Waals surface area contributed by atoms with Crippen molar-refractivity contribution in [1.82, 2.24) is 5.32 Å². The van der Waals surface area contributed by atoms with E-state index in [1.807, 2.05) is 0 Å². The minimum absolute atomic E-state index is 0.445. The van der Waals surface area contributed by atoms with Crippen LogP contribution < -0.4 is 5.32 Å². The van der Waals surface area contributed by atoms with Crippen LogP contribution >= 0.6 is 0 Å². The van der Waals surface area contributed by atoms with Gasteiger partial charge in [0.1, 0.15) is 0 Å². The van der Waals surface area contributed by atoms with Gasteiger partial charge in [0.25, 0.3) is 0 Å². The maximum absolute atomic E-state index is 4.99. The Balaban J connectivity index is 2.29. The summed E-state index contributed by atoms with van der Waals surface area (Å²) >= 11 is 0. The van der Waals surface area contributed by atoms with Crippen LogP contribution in [0.1, 0.15) is 27.7 Å². The van der Waals surface area contributed by atoms with Gasteiger partial charge < -0.3 is 10.1 Å². The number of rotatable bonds is 4. The first-order valence-electron chi connectivity index (χ1n) is 4.67. The number of ether oxygens (including phenoxy) is 1. The molecule has 1 rings (SSSR count). The van der Waals surface area contributed by atoms with Gasteiger partial charge >= 0.3 is 0 Å². The third kappa shape index (κ3) is 1.38. The largest absolute Gasteiger partial charge is 0.383 e. The van der Waals surface area contributed by atoms with Crippen LogP contribution in [0.3, 0.4) is 0 Å². The fraction of sp³-hybridized carbons (Fsp3) is 1.00. The van der Waals surface area contributed by atoms with Gasteiger partial charge in [-0.05, 0) is 10.8 Å². The number of hydrogen-bond acceptors (Lipinski definition) is 2. The predicted octanol–water partition coefficient (Wildman–Crippen LogP) is 1.66. The Hall–Kier alpha value is -0.0800. The molecule has 1 aliphatic carbocycles. The summed E-state index contributed by atoms with van der Waals surface area (Å²) in [6.45, 7) is 11.0. The molecule has 0 amide bonds. The van der Waals surface area contributed by atoms with E-state index in [0.717, 1.165) is 13.2 Å². The zero-order valence-electron chi connectivity index (χ0n) is 8.90. The zero-order valence-corrected chi connectivity index (χ0v) is 8.90. The second-order valence-corrected chi connectivity index (χ2v) is 4.82. The smallest absolute Gasteiger partial charge is 0.0587 e. The lowest BCUT2D eigenvalue weighted by Gasteiger charge is -2.04. The summed E-state index contributed by atoms with van der Waals surface area (Å²) in [6.07, 6.45) is 0. The van der Waals surface area contributed by atoms with Crippen molar-refractivity contribution in [2.45, 2.75) is 33.7 Å². The molecule has 2 nitrogen and oxygen atoms in total. The van der Waals surface area contributed by atoms with E-state index in [-0.39, 0.29) is 0 Å². The second kappa shape index (κ2) is 3.00. The Morgan fingerprint density at radius 1 is 1.17 bits per heavy atom. The standard InChI is InChI=1S/C10H21NO/c1-9(2)8(10(9,3)4)11-6-7-12-5/h8,11H,6-7H2,1-5H3. The maximum atomic E-state index is 4.99. The van der Waals surface area contributed by atoms with Crippen molar-refractivity contribution in [2.75, 3.05) is 20.3 Å². The van der Waals surface area contributed by atoms with Crippen molar-refractivity contribution in [2.24, 2.45) is 10.8 Å². The van der Waals surface area contributed by atoms with Crippen LogP contribution in [-0.2, 0) is 4.74 Å². The minimum Gasteiger partial charge on any atom is -0.383 e. The van der Waals surface area contributed by atoms with E-state index in [1.54, 1.807) is 7.11 Å². The van der Waals surface area contributed by atoms with Gasteiger partial charge in [-0.2, -0.15) is 0 Å². The predicted molar refractivity (Wildman–Crippen MR) is 51.2 cm³/mol. The molecule has 0 radical (unpaired) electrons. The highest BCUT2D eigenvalue weighted by Gasteiger charge is 2.64. The Bertz CT molecular complexity index is 149. The molecule has 0 saturated heterocycles. The van der Waals surface area contributed by atoms with E-state index in [9.17, 15) is 0 Å². The highest BCUT2D eigenvalue weighted by Crippen LogP contribution is 2.62. The molecule has 0 aromatic carbocycles.